The van der Waals surface area contributed by atoms with E-state index in [0.717, 1.165) is 0 Å². The Morgan fingerprint density at radius 2 is 1.77 bits per heavy atom. The van der Waals surface area contributed by atoms with E-state index in [0.29, 0.717) is 37.5 Å². The zero-order valence-electron chi connectivity index (χ0n) is 18.3. The maximum atomic E-state index is 12.8. The second-order valence-corrected chi connectivity index (χ2v) is 8.34. The van der Waals surface area contributed by atoms with Crippen LogP contribution in [-0.4, -0.2) is 80.8 Å². The third-order valence-electron chi connectivity index (χ3n) is 4.83. The minimum Gasteiger partial charge on any atom is -0.496 e. The number of rotatable bonds is 5. The molecule has 0 saturated carbocycles. The number of aliphatic hydroxyl groups is 1. The summed E-state index contributed by atoms with van der Waals surface area (Å²) in [4.78, 5) is 28.2. The van der Waals surface area contributed by atoms with Crippen LogP contribution in [-0.2, 0) is 11.3 Å². The van der Waals surface area contributed by atoms with E-state index < -0.39 is 11.7 Å². The number of ether oxygens (including phenoxy) is 2. The number of amides is 2. The zero-order chi connectivity index (χ0) is 22.6. The van der Waals surface area contributed by atoms with E-state index >= 15 is 0 Å². The van der Waals surface area contributed by atoms with Crippen molar-refractivity contribution in [1.29, 1.82) is 0 Å². The Labute approximate surface area is 181 Å². The lowest BCUT2D eigenvalue weighted by molar-refractivity contribution is 0.0140. The largest absolute Gasteiger partial charge is 0.496 e. The summed E-state index contributed by atoms with van der Waals surface area (Å²) < 4.78 is 12.1. The standard InChI is InChI=1S/C21H29N5O5/c1-21(2,3)31-20(29)25-11-9-24(10-12-25)19(28)16-13-26(23-22-16)14-17(27)15-7-5-6-8-18(15)30-4/h5-8,13,17,27H,9-12,14H2,1-4H3/t17-/m1/s1. The fraction of sp³-hybridized carbons (Fsp3) is 0.524. The van der Waals surface area contributed by atoms with Crippen LogP contribution in [0.4, 0.5) is 4.79 Å². The maximum Gasteiger partial charge on any atom is 0.410 e. The van der Waals surface area contributed by atoms with Gasteiger partial charge < -0.3 is 24.4 Å². The van der Waals surface area contributed by atoms with Crippen LogP contribution in [0.3, 0.4) is 0 Å². The predicted octanol–water partition coefficient (Wildman–Crippen LogP) is 1.71. The van der Waals surface area contributed by atoms with Gasteiger partial charge in [-0.05, 0) is 26.8 Å². The Kier molecular flexibility index (Phi) is 6.79. The third kappa shape index (κ3) is 5.72. The highest BCUT2D eigenvalue weighted by Gasteiger charge is 2.29. The monoisotopic (exact) mass is 431 g/mol. The van der Waals surface area contributed by atoms with E-state index in [1.165, 1.54) is 10.9 Å². The number of methoxy groups -OCH3 is 1. The summed E-state index contributed by atoms with van der Waals surface area (Å²) in [5.41, 5.74) is 0.265. The van der Waals surface area contributed by atoms with Gasteiger partial charge in [-0.2, -0.15) is 0 Å². The molecule has 0 spiro atoms. The van der Waals surface area contributed by atoms with Crippen LogP contribution in [0.1, 0.15) is 42.9 Å². The summed E-state index contributed by atoms with van der Waals surface area (Å²) in [5.74, 6) is 0.316. The van der Waals surface area contributed by atoms with Gasteiger partial charge in [-0.1, -0.05) is 23.4 Å². The number of aliphatic hydroxyl groups excluding tert-OH is 1. The van der Waals surface area contributed by atoms with Gasteiger partial charge in [0.15, 0.2) is 5.69 Å². The summed E-state index contributed by atoms with van der Waals surface area (Å²) >= 11 is 0. The fourth-order valence-electron chi connectivity index (χ4n) is 3.28. The predicted molar refractivity (Wildman–Crippen MR) is 112 cm³/mol. The maximum absolute atomic E-state index is 12.8. The van der Waals surface area contributed by atoms with Crippen LogP contribution in [0.2, 0.25) is 0 Å². The zero-order valence-corrected chi connectivity index (χ0v) is 18.3. The molecule has 2 aromatic rings. The first-order valence-electron chi connectivity index (χ1n) is 10.2. The Bertz CT molecular complexity index is 915. The third-order valence-corrected chi connectivity index (χ3v) is 4.83. The van der Waals surface area contributed by atoms with Crippen molar-refractivity contribution in [2.45, 2.75) is 39.0 Å². The number of aromatic nitrogens is 3. The van der Waals surface area contributed by atoms with Gasteiger partial charge in [0.25, 0.3) is 5.91 Å². The second kappa shape index (κ2) is 9.34. The molecule has 0 radical (unpaired) electrons. The van der Waals surface area contributed by atoms with Gasteiger partial charge in [0.2, 0.25) is 0 Å². The van der Waals surface area contributed by atoms with Crippen molar-refractivity contribution in [3.05, 3.63) is 41.7 Å². The molecule has 10 nitrogen and oxygen atoms in total. The molecule has 2 heterocycles. The van der Waals surface area contributed by atoms with Crippen LogP contribution in [0.5, 0.6) is 5.75 Å². The van der Waals surface area contributed by atoms with Crippen molar-refractivity contribution in [1.82, 2.24) is 24.8 Å². The normalized spacial score (nSPS) is 15.5. The van der Waals surface area contributed by atoms with Crippen molar-refractivity contribution in [3.63, 3.8) is 0 Å². The molecule has 2 amide bonds. The van der Waals surface area contributed by atoms with Gasteiger partial charge in [-0.25, -0.2) is 9.48 Å². The summed E-state index contributed by atoms with van der Waals surface area (Å²) in [5, 5.41) is 18.5. The molecule has 1 aliphatic heterocycles. The highest BCUT2D eigenvalue weighted by molar-refractivity contribution is 5.92. The molecule has 1 saturated heterocycles. The van der Waals surface area contributed by atoms with E-state index in [1.807, 2.05) is 32.9 Å². The van der Waals surface area contributed by atoms with Gasteiger partial charge >= 0.3 is 6.09 Å². The summed E-state index contributed by atoms with van der Waals surface area (Å²) in [7, 11) is 1.54. The van der Waals surface area contributed by atoms with Gasteiger partial charge in [0.1, 0.15) is 17.5 Å². The van der Waals surface area contributed by atoms with Gasteiger partial charge in [-0.3, -0.25) is 4.79 Å². The first kappa shape index (κ1) is 22.5. The van der Waals surface area contributed by atoms with Gasteiger partial charge in [-0.15, -0.1) is 5.10 Å². The van der Waals surface area contributed by atoms with Gasteiger partial charge in [0, 0.05) is 31.7 Å². The molecule has 31 heavy (non-hydrogen) atoms. The van der Waals surface area contributed by atoms with Crippen molar-refractivity contribution < 1.29 is 24.2 Å². The highest BCUT2D eigenvalue weighted by Crippen LogP contribution is 2.25. The number of para-hydroxylation sites is 1. The lowest BCUT2D eigenvalue weighted by Crippen LogP contribution is -2.51. The van der Waals surface area contributed by atoms with Crippen LogP contribution >= 0.6 is 0 Å². The molecule has 3 rings (SSSR count). The number of hydrogen-bond donors (Lipinski definition) is 1. The number of carbonyl (C=O) groups excluding carboxylic acids is 2. The van der Waals surface area contributed by atoms with E-state index in [-0.39, 0.29) is 24.2 Å². The Balaban J connectivity index is 1.57. The molecule has 0 unspecified atom stereocenters. The molecule has 1 aliphatic rings. The fourth-order valence-corrected chi connectivity index (χ4v) is 3.28. The van der Waals surface area contributed by atoms with Gasteiger partial charge in [0.05, 0.1) is 19.9 Å². The van der Waals surface area contributed by atoms with Crippen molar-refractivity contribution in [3.8, 4) is 5.75 Å². The molecule has 0 aliphatic carbocycles. The Hall–Kier alpha value is -3.14. The average Bonchev–Trinajstić information content (AvgIpc) is 3.20. The molecule has 1 fully saturated rings. The summed E-state index contributed by atoms with van der Waals surface area (Å²) in [6.07, 6.45) is 0.273. The van der Waals surface area contributed by atoms with Crippen molar-refractivity contribution in [2.75, 3.05) is 33.3 Å². The lowest BCUT2D eigenvalue weighted by atomic mass is 10.1. The highest BCUT2D eigenvalue weighted by atomic mass is 16.6. The SMILES string of the molecule is COc1ccccc1[C@H](O)Cn1cc(C(=O)N2CCN(C(=O)OC(C)(C)C)CC2)nn1. The molecule has 1 aromatic carbocycles. The topological polar surface area (TPSA) is 110 Å². The van der Waals surface area contributed by atoms with Crippen LogP contribution in [0.25, 0.3) is 0 Å². The molecule has 1 N–H and O–H groups in total. The van der Waals surface area contributed by atoms with E-state index in [4.69, 9.17) is 9.47 Å². The molecular weight excluding hydrogens is 402 g/mol. The summed E-state index contributed by atoms with van der Waals surface area (Å²) in [6.45, 7) is 7.13. The lowest BCUT2D eigenvalue weighted by Gasteiger charge is -2.35. The number of nitrogens with zero attached hydrogens (tertiary/aromatic N) is 5. The average molecular weight is 431 g/mol. The van der Waals surface area contributed by atoms with E-state index in [2.05, 4.69) is 10.3 Å². The molecular formula is C21H29N5O5. The molecule has 0 bridgehead atoms. The smallest absolute Gasteiger partial charge is 0.410 e. The Morgan fingerprint density at radius 3 is 2.42 bits per heavy atom. The van der Waals surface area contributed by atoms with Crippen LogP contribution in [0.15, 0.2) is 30.5 Å². The minimum atomic E-state index is -0.863. The molecule has 10 heteroatoms. The number of hydrogen-bond acceptors (Lipinski definition) is 7. The first-order valence-corrected chi connectivity index (χ1v) is 10.2. The summed E-state index contributed by atoms with van der Waals surface area (Å²) in [6, 6.07) is 7.18. The Morgan fingerprint density at radius 1 is 1.13 bits per heavy atom. The number of carbonyl (C=O) groups is 2. The minimum absolute atomic E-state index is 0.132. The van der Waals surface area contributed by atoms with E-state index in [1.54, 1.807) is 29.0 Å². The molecule has 1 atom stereocenters. The molecule has 168 valence electrons. The number of benzene rings is 1. The molecule has 1 aromatic heterocycles. The first-order chi connectivity index (χ1) is 14.7. The second-order valence-electron chi connectivity index (χ2n) is 8.34. The van der Waals surface area contributed by atoms with Crippen molar-refractivity contribution >= 4 is 12.0 Å². The quantitative estimate of drug-likeness (QED) is 0.767. The van der Waals surface area contributed by atoms with Crippen LogP contribution < -0.4 is 4.74 Å². The number of piperazine rings is 1. The van der Waals surface area contributed by atoms with E-state index in [9.17, 15) is 14.7 Å². The van der Waals surface area contributed by atoms with Crippen LogP contribution in [0, 0.1) is 0 Å². The van der Waals surface area contributed by atoms with Crippen molar-refractivity contribution in [2.24, 2.45) is 0 Å².